The van der Waals surface area contributed by atoms with E-state index in [0.717, 1.165) is 33.4 Å². The van der Waals surface area contributed by atoms with Crippen molar-refractivity contribution in [3.05, 3.63) is 63.8 Å². The molecule has 0 spiro atoms. The largest absolute Gasteiger partial charge is 0.381 e. The molecule has 0 atom stereocenters. The van der Waals surface area contributed by atoms with Gasteiger partial charge in [-0.15, -0.1) is 0 Å². The van der Waals surface area contributed by atoms with E-state index in [0.29, 0.717) is 0 Å². The van der Waals surface area contributed by atoms with Gasteiger partial charge in [-0.3, -0.25) is 0 Å². The molecule has 0 aliphatic rings. The van der Waals surface area contributed by atoms with Crippen LogP contribution in [0.1, 0.15) is 11.1 Å². The Kier molecular flexibility index (Phi) is 3.60. The Morgan fingerprint density at radius 1 is 1.05 bits per heavy atom. The molecule has 1 heterocycles. The van der Waals surface area contributed by atoms with Gasteiger partial charge in [0.15, 0.2) is 0 Å². The summed E-state index contributed by atoms with van der Waals surface area (Å²) in [5.74, 6) is 0. The molecule has 0 bridgehead atoms. The van der Waals surface area contributed by atoms with Gasteiger partial charge in [-0.2, -0.15) is 0 Å². The number of H-pyrrole nitrogens is 1. The summed E-state index contributed by atoms with van der Waals surface area (Å²) >= 11 is 12.0. The number of hydrogen-bond donors (Lipinski definition) is 2. The highest BCUT2D eigenvalue weighted by Crippen LogP contribution is 2.24. The molecule has 2 N–H and O–H groups in total. The van der Waals surface area contributed by atoms with Crippen molar-refractivity contribution in [2.24, 2.45) is 0 Å². The second kappa shape index (κ2) is 5.39. The van der Waals surface area contributed by atoms with E-state index in [2.05, 4.69) is 10.3 Å². The van der Waals surface area contributed by atoms with Gasteiger partial charge in [0.1, 0.15) is 0 Å². The molecule has 2 nitrogen and oxygen atoms in total. The van der Waals surface area contributed by atoms with Gasteiger partial charge in [0.25, 0.3) is 0 Å². The standard InChI is InChI=1S/C16H14Cl2N2/c1-10-6-12(17)3-5-15(10)19-8-11-9-20-16-7-13(18)2-4-14(11)16/h2-7,9,19-20H,8H2,1H3. The van der Waals surface area contributed by atoms with Gasteiger partial charge in [0.2, 0.25) is 0 Å². The molecule has 0 fully saturated rings. The van der Waals surface area contributed by atoms with Crippen LogP contribution in [0.25, 0.3) is 10.9 Å². The molecule has 0 radical (unpaired) electrons. The molecule has 0 saturated carbocycles. The van der Waals surface area contributed by atoms with Crippen LogP contribution in [-0.4, -0.2) is 4.98 Å². The lowest BCUT2D eigenvalue weighted by atomic mass is 10.1. The van der Waals surface area contributed by atoms with Crippen LogP contribution in [0.5, 0.6) is 0 Å². The van der Waals surface area contributed by atoms with Crippen LogP contribution in [0.15, 0.2) is 42.6 Å². The Labute approximate surface area is 127 Å². The number of benzene rings is 2. The van der Waals surface area contributed by atoms with Crippen molar-refractivity contribution in [2.75, 3.05) is 5.32 Å². The van der Waals surface area contributed by atoms with Crippen LogP contribution in [0.4, 0.5) is 5.69 Å². The van der Waals surface area contributed by atoms with Crippen molar-refractivity contribution in [3.8, 4) is 0 Å². The maximum absolute atomic E-state index is 5.99. The van der Waals surface area contributed by atoms with Crippen LogP contribution in [-0.2, 0) is 6.54 Å². The van der Waals surface area contributed by atoms with E-state index in [-0.39, 0.29) is 0 Å². The number of halogens is 2. The summed E-state index contributed by atoms with van der Waals surface area (Å²) in [4.78, 5) is 3.24. The molecule has 0 unspecified atom stereocenters. The topological polar surface area (TPSA) is 27.8 Å². The van der Waals surface area contributed by atoms with Gasteiger partial charge < -0.3 is 10.3 Å². The number of aryl methyl sites for hydroxylation is 1. The number of aromatic nitrogens is 1. The summed E-state index contributed by atoms with van der Waals surface area (Å²) in [6.45, 7) is 2.80. The highest BCUT2D eigenvalue weighted by Gasteiger charge is 2.05. The molecular formula is C16H14Cl2N2. The highest BCUT2D eigenvalue weighted by atomic mass is 35.5. The molecule has 102 valence electrons. The lowest BCUT2D eigenvalue weighted by molar-refractivity contribution is 1.15. The van der Waals surface area contributed by atoms with E-state index < -0.39 is 0 Å². The third-order valence-corrected chi connectivity index (χ3v) is 3.86. The van der Waals surface area contributed by atoms with Crippen LogP contribution in [0.2, 0.25) is 10.0 Å². The van der Waals surface area contributed by atoms with Crippen LogP contribution in [0.3, 0.4) is 0 Å². The Morgan fingerprint density at radius 3 is 2.60 bits per heavy atom. The van der Waals surface area contributed by atoms with Gasteiger partial charge in [-0.1, -0.05) is 29.3 Å². The van der Waals surface area contributed by atoms with Gasteiger partial charge in [-0.25, -0.2) is 0 Å². The Morgan fingerprint density at radius 2 is 1.80 bits per heavy atom. The molecule has 3 rings (SSSR count). The fourth-order valence-electron chi connectivity index (χ4n) is 2.32. The number of fused-ring (bicyclic) bond motifs is 1. The predicted molar refractivity (Wildman–Crippen MR) is 86.8 cm³/mol. The first-order valence-corrected chi connectivity index (χ1v) is 7.14. The van der Waals surface area contributed by atoms with Crippen LogP contribution >= 0.6 is 23.2 Å². The van der Waals surface area contributed by atoms with Gasteiger partial charge in [0, 0.05) is 39.4 Å². The zero-order valence-electron chi connectivity index (χ0n) is 11.0. The van der Waals surface area contributed by atoms with Crippen molar-refractivity contribution in [2.45, 2.75) is 13.5 Å². The molecule has 3 aromatic rings. The Bertz CT molecular complexity index is 762. The van der Waals surface area contributed by atoms with Crippen molar-refractivity contribution in [3.63, 3.8) is 0 Å². The Balaban J connectivity index is 1.83. The number of rotatable bonds is 3. The number of aromatic amines is 1. The zero-order chi connectivity index (χ0) is 14.1. The Hall–Kier alpha value is -1.64. The van der Waals surface area contributed by atoms with E-state index in [1.807, 2.05) is 49.5 Å². The van der Waals surface area contributed by atoms with E-state index in [9.17, 15) is 0 Å². The van der Waals surface area contributed by atoms with E-state index in [1.165, 1.54) is 10.9 Å². The van der Waals surface area contributed by atoms with Crippen molar-refractivity contribution in [1.82, 2.24) is 4.98 Å². The SMILES string of the molecule is Cc1cc(Cl)ccc1NCc1c[nH]c2cc(Cl)ccc12. The molecule has 20 heavy (non-hydrogen) atoms. The number of anilines is 1. The summed E-state index contributed by atoms with van der Waals surface area (Å²) in [5, 5.41) is 6.13. The average molecular weight is 305 g/mol. The van der Waals surface area contributed by atoms with Crippen molar-refractivity contribution < 1.29 is 0 Å². The van der Waals surface area contributed by atoms with E-state index in [1.54, 1.807) is 0 Å². The molecule has 2 aromatic carbocycles. The normalized spacial score (nSPS) is 10.9. The molecule has 0 amide bonds. The van der Waals surface area contributed by atoms with Gasteiger partial charge in [-0.05, 0) is 48.4 Å². The second-order valence-corrected chi connectivity index (χ2v) is 5.69. The minimum atomic E-state index is 0.743. The maximum atomic E-state index is 5.99. The average Bonchev–Trinajstić information content (AvgIpc) is 2.80. The highest BCUT2D eigenvalue weighted by molar-refractivity contribution is 6.31. The number of hydrogen-bond acceptors (Lipinski definition) is 1. The molecular weight excluding hydrogens is 291 g/mol. The van der Waals surface area contributed by atoms with Gasteiger partial charge in [0.05, 0.1) is 0 Å². The van der Waals surface area contributed by atoms with Crippen molar-refractivity contribution >= 4 is 39.8 Å². The second-order valence-electron chi connectivity index (χ2n) is 4.82. The lowest BCUT2D eigenvalue weighted by Gasteiger charge is -2.09. The van der Waals surface area contributed by atoms with E-state index in [4.69, 9.17) is 23.2 Å². The summed E-state index contributed by atoms with van der Waals surface area (Å²) < 4.78 is 0. The molecule has 0 aliphatic carbocycles. The first-order valence-electron chi connectivity index (χ1n) is 6.39. The minimum Gasteiger partial charge on any atom is -0.381 e. The third-order valence-electron chi connectivity index (χ3n) is 3.39. The zero-order valence-corrected chi connectivity index (χ0v) is 12.5. The van der Waals surface area contributed by atoms with Crippen molar-refractivity contribution in [1.29, 1.82) is 0 Å². The summed E-state index contributed by atoms with van der Waals surface area (Å²) in [6.07, 6.45) is 2.01. The maximum Gasteiger partial charge on any atom is 0.0472 e. The summed E-state index contributed by atoms with van der Waals surface area (Å²) in [6, 6.07) is 11.7. The third kappa shape index (κ3) is 2.62. The fourth-order valence-corrected chi connectivity index (χ4v) is 2.72. The van der Waals surface area contributed by atoms with E-state index >= 15 is 0 Å². The summed E-state index contributed by atoms with van der Waals surface area (Å²) in [5.41, 5.74) is 4.51. The van der Waals surface area contributed by atoms with Crippen LogP contribution < -0.4 is 5.32 Å². The molecule has 4 heteroatoms. The first-order chi connectivity index (χ1) is 9.63. The number of nitrogens with one attached hydrogen (secondary N) is 2. The molecule has 0 aliphatic heterocycles. The lowest BCUT2D eigenvalue weighted by Crippen LogP contribution is -2.00. The monoisotopic (exact) mass is 304 g/mol. The first kappa shape index (κ1) is 13.3. The smallest absolute Gasteiger partial charge is 0.0472 e. The molecule has 0 saturated heterocycles. The quantitative estimate of drug-likeness (QED) is 0.666. The van der Waals surface area contributed by atoms with Crippen LogP contribution in [0, 0.1) is 6.92 Å². The summed E-state index contributed by atoms with van der Waals surface area (Å²) in [7, 11) is 0. The minimum absolute atomic E-state index is 0.743. The predicted octanol–water partition coefficient (Wildman–Crippen LogP) is 5.40. The fraction of sp³-hybridized carbons (Fsp3) is 0.125. The molecule has 1 aromatic heterocycles. The van der Waals surface area contributed by atoms with Gasteiger partial charge >= 0.3 is 0 Å².